The largest absolute Gasteiger partial charge is 0.341 e. The second-order valence-corrected chi connectivity index (χ2v) is 5.71. The summed E-state index contributed by atoms with van der Waals surface area (Å²) in [7, 11) is 0. The van der Waals surface area contributed by atoms with Gasteiger partial charge in [0.05, 0.1) is 6.04 Å². The molecule has 7 heteroatoms. The molecule has 1 aliphatic heterocycles. The summed E-state index contributed by atoms with van der Waals surface area (Å²) in [4.78, 5) is 15.6. The van der Waals surface area contributed by atoms with Crippen LogP contribution in [0.1, 0.15) is 45.1 Å². The van der Waals surface area contributed by atoms with Crippen LogP contribution in [-0.4, -0.2) is 57.2 Å². The highest BCUT2D eigenvalue weighted by atomic mass is 16.2. The zero-order valence-electron chi connectivity index (χ0n) is 12.0. The molecular weight excluding hydrogens is 256 g/mol. The minimum Gasteiger partial charge on any atom is -0.341 e. The fourth-order valence-electron chi connectivity index (χ4n) is 3.21. The molecule has 0 unspecified atom stereocenters. The van der Waals surface area contributed by atoms with Crippen LogP contribution in [0.4, 0.5) is 5.95 Å². The van der Waals surface area contributed by atoms with Gasteiger partial charge >= 0.3 is 0 Å². The Morgan fingerprint density at radius 1 is 1.10 bits per heavy atom. The van der Waals surface area contributed by atoms with Crippen LogP contribution in [0.5, 0.6) is 0 Å². The Labute approximate surface area is 118 Å². The van der Waals surface area contributed by atoms with Crippen LogP contribution in [-0.2, 0) is 4.79 Å². The lowest BCUT2D eigenvalue weighted by Gasteiger charge is -2.23. The first-order valence-electron chi connectivity index (χ1n) is 7.54. The molecule has 1 aromatic rings. The van der Waals surface area contributed by atoms with E-state index in [1.807, 2.05) is 9.58 Å². The second kappa shape index (κ2) is 5.76. The van der Waals surface area contributed by atoms with Gasteiger partial charge in [-0.15, -0.1) is 0 Å². The number of amides is 1. The van der Waals surface area contributed by atoms with Gasteiger partial charge in [-0.1, -0.05) is 17.9 Å². The predicted molar refractivity (Wildman–Crippen MR) is 74.4 cm³/mol. The van der Waals surface area contributed by atoms with Crippen molar-refractivity contribution in [3.63, 3.8) is 0 Å². The molecule has 1 aliphatic carbocycles. The van der Waals surface area contributed by atoms with Crippen LogP contribution >= 0.6 is 0 Å². The minimum atomic E-state index is 0.155. The Morgan fingerprint density at radius 3 is 2.65 bits per heavy atom. The van der Waals surface area contributed by atoms with E-state index in [1.165, 1.54) is 25.7 Å². The first-order chi connectivity index (χ1) is 9.75. The smallest absolute Gasteiger partial charge is 0.245 e. The van der Waals surface area contributed by atoms with Gasteiger partial charge in [0.2, 0.25) is 11.9 Å². The number of hydrogen-bond acceptors (Lipinski definition) is 5. The first kappa shape index (κ1) is 13.3. The van der Waals surface area contributed by atoms with E-state index in [9.17, 15) is 4.79 Å². The van der Waals surface area contributed by atoms with E-state index in [-0.39, 0.29) is 5.91 Å². The van der Waals surface area contributed by atoms with Crippen molar-refractivity contribution in [3.8, 4) is 0 Å². The zero-order valence-corrected chi connectivity index (χ0v) is 12.0. The minimum absolute atomic E-state index is 0.155. The van der Waals surface area contributed by atoms with Gasteiger partial charge in [0.1, 0.15) is 0 Å². The first-order valence-corrected chi connectivity index (χ1v) is 7.54. The van der Waals surface area contributed by atoms with Crippen LogP contribution in [0.15, 0.2) is 0 Å². The number of rotatable bonds is 2. The fourth-order valence-corrected chi connectivity index (χ4v) is 3.21. The molecule has 1 saturated carbocycles. The third-order valence-electron chi connectivity index (χ3n) is 4.37. The summed E-state index contributed by atoms with van der Waals surface area (Å²) in [6.07, 6.45) is 5.85. The van der Waals surface area contributed by atoms with Crippen molar-refractivity contribution in [2.24, 2.45) is 0 Å². The predicted octanol–water partition coefficient (Wildman–Crippen LogP) is 0.847. The molecule has 1 amide bonds. The van der Waals surface area contributed by atoms with E-state index in [0.717, 1.165) is 38.5 Å². The molecule has 0 spiro atoms. The Balaban J connectivity index is 1.73. The van der Waals surface area contributed by atoms with Crippen molar-refractivity contribution in [2.75, 3.05) is 31.1 Å². The van der Waals surface area contributed by atoms with Gasteiger partial charge in [-0.05, 0) is 29.7 Å². The lowest BCUT2D eigenvalue weighted by molar-refractivity contribution is -0.128. The maximum Gasteiger partial charge on any atom is 0.245 e. The number of nitrogens with zero attached hydrogens (tertiary/aromatic N) is 6. The van der Waals surface area contributed by atoms with Crippen molar-refractivity contribution >= 4 is 11.9 Å². The van der Waals surface area contributed by atoms with Gasteiger partial charge in [0.15, 0.2) is 0 Å². The number of anilines is 1. The van der Waals surface area contributed by atoms with Crippen LogP contribution in [0.2, 0.25) is 0 Å². The molecular formula is C13H22N6O. The Bertz CT molecular complexity index is 467. The number of tetrazole rings is 1. The Morgan fingerprint density at radius 2 is 1.90 bits per heavy atom. The van der Waals surface area contributed by atoms with Gasteiger partial charge < -0.3 is 9.80 Å². The molecule has 1 aromatic heterocycles. The average Bonchev–Trinajstić information content (AvgIpc) is 3.05. The summed E-state index contributed by atoms with van der Waals surface area (Å²) in [5.41, 5.74) is 0. The third kappa shape index (κ3) is 2.62. The molecule has 7 nitrogen and oxygen atoms in total. The fraction of sp³-hybridized carbons (Fsp3) is 0.846. The normalized spacial score (nSPS) is 21.2. The van der Waals surface area contributed by atoms with Gasteiger partial charge in [0.25, 0.3) is 0 Å². The highest BCUT2D eigenvalue weighted by Gasteiger charge is 2.26. The molecule has 0 N–H and O–H groups in total. The SMILES string of the molecule is CC(=O)N1CCCN(c2nnnn2C2CCCC2)CC1. The van der Waals surface area contributed by atoms with Gasteiger partial charge in [-0.3, -0.25) is 4.79 Å². The van der Waals surface area contributed by atoms with Crippen LogP contribution < -0.4 is 4.90 Å². The summed E-state index contributed by atoms with van der Waals surface area (Å²) in [5, 5.41) is 12.3. The van der Waals surface area contributed by atoms with Crippen molar-refractivity contribution in [2.45, 2.75) is 45.1 Å². The maximum atomic E-state index is 11.5. The quantitative estimate of drug-likeness (QED) is 0.802. The number of hydrogen-bond donors (Lipinski definition) is 0. The topological polar surface area (TPSA) is 67.2 Å². The summed E-state index contributed by atoms with van der Waals surface area (Å²) in [6.45, 7) is 4.95. The van der Waals surface area contributed by atoms with Crippen molar-refractivity contribution in [1.29, 1.82) is 0 Å². The molecule has 2 fully saturated rings. The number of aromatic nitrogens is 4. The lowest BCUT2D eigenvalue weighted by atomic mass is 10.2. The molecule has 2 heterocycles. The van der Waals surface area contributed by atoms with Crippen molar-refractivity contribution < 1.29 is 4.79 Å². The van der Waals surface area contributed by atoms with Crippen molar-refractivity contribution in [1.82, 2.24) is 25.1 Å². The molecule has 20 heavy (non-hydrogen) atoms. The molecule has 3 rings (SSSR count). The van der Waals surface area contributed by atoms with Gasteiger partial charge in [-0.25, -0.2) is 4.68 Å². The highest BCUT2D eigenvalue weighted by molar-refractivity contribution is 5.73. The van der Waals surface area contributed by atoms with E-state index < -0.39 is 0 Å². The molecule has 110 valence electrons. The highest BCUT2D eigenvalue weighted by Crippen LogP contribution is 2.31. The van der Waals surface area contributed by atoms with Gasteiger partial charge in [0, 0.05) is 33.1 Å². The molecule has 0 aromatic carbocycles. The van der Waals surface area contributed by atoms with Gasteiger partial charge in [-0.2, -0.15) is 0 Å². The standard InChI is InChI=1S/C13H22N6O/c1-11(20)17-7-4-8-18(10-9-17)13-14-15-16-19(13)12-5-2-3-6-12/h12H,2-10H2,1H3. The zero-order chi connectivity index (χ0) is 13.9. The summed E-state index contributed by atoms with van der Waals surface area (Å²) >= 11 is 0. The number of carbonyl (C=O) groups is 1. The van der Waals surface area contributed by atoms with E-state index in [1.54, 1.807) is 6.92 Å². The third-order valence-corrected chi connectivity index (χ3v) is 4.37. The number of carbonyl (C=O) groups excluding carboxylic acids is 1. The molecule has 2 aliphatic rings. The van der Waals surface area contributed by atoms with Crippen LogP contribution in [0, 0.1) is 0 Å². The second-order valence-electron chi connectivity index (χ2n) is 5.71. The summed E-state index contributed by atoms with van der Waals surface area (Å²) < 4.78 is 2.00. The lowest BCUT2D eigenvalue weighted by Crippen LogP contribution is -2.34. The van der Waals surface area contributed by atoms with Crippen LogP contribution in [0.3, 0.4) is 0 Å². The average molecular weight is 278 g/mol. The molecule has 0 bridgehead atoms. The summed E-state index contributed by atoms with van der Waals surface area (Å²) in [6, 6.07) is 0.451. The van der Waals surface area contributed by atoms with E-state index in [2.05, 4.69) is 20.4 Å². The molecule has 0 atom stereocenters. The van der Waals surface area contributed by atoms with Crippen molar-refractivity contribution in [3.05, 3.63) is 0 Å². The van der Waals surface area contributed by atoms with E-state index >= 15 is 0 Å². The van der Waals surface area contributed by atoms with Crippen LogP contribution in [0.25, 0.3) is 0 Å². The molecule has 0 radical (unpaired) electrons. The maximum absolute atomic E-state index is 11.5. The van der Waals surface area contributed by atoms with E-state index in [4.69, 9.17) is 0 Å². The molecule has 1 saturated heterocycles. The summed E-state index contributed by atoms with van der Waals surface area (Å²) in [5.74, 6) is 1.03. The Hall–Kier alpha value is -1.66. The monoisotopic (exact) mass is 278 g/mol. The van der Waals surface area contributed by atoms with E-state index in [0.29, 0.717) is 6.04 Å². The Kier molecular flexibility index (Phi) is 3.84.